The molecule has 5 nitrogen and oxygen atoms in total. The molecule has 0 bridgehead atoms. The fourth-order valence-corrected chi connectivity index (χ4v) is 2.22. The number of hydrogen-bond acceptors (Lipinski definition) is 5. The fraction of sp³-hybridized carbons (Fsp3) is 0.533. The summed E-state index contributed by atoms with van der Waals surface area (Å²) in [4.78, 5) is 17.1. The zero-order valence-electron chi connectivity index (χ0n) is 11.8. The van der Waals surface area contributed by atoms with Crippen molar-refractivity contribution in [3.8, 4) is 0 Å². The fourth-order valence-electron chi connectivity index (χ4n) is 2.22. The predicted molar refractivity (Wildman–Crippen MR) is 75.8 cm³/mol. The van der Waals surface area contributed by atoms with Gasteiger partial charge in [0.05, 0.1) is 13.2 Å². The van der Waals surface area contributed by atoms with Gasteiger partial charge in [0.1, 0.15) is 6.04 Å². The molecule has 1 saturated heterocycles. The van der Waals surface area contributed by atoms with Gasteiger partial charge in [0, 0.05) is 12.6 Å². The quantitative estimate of drug-likeness (QED) is 0.608. The van der Waals surface area contributed by atoms with E-state index in [1.165, 1.54) is 0 Å². The highest BCUT2D eigenvalue weighted by atomic mass is 16.6. The Morgan fingerprint density at radius 1 is 1.35 bits per heavy atom. The summed E-state index contributed by atoms with van der Waals surface area (Å²) in [6.45, 7) is 3.50. The van der Waals surface area contributed by atoms with Crippen LogP contribution in [0.5, 0.6) is 0 Å². The van der Waals surface area contributed by atoms with E-state index in [2.05, 4.69) is 10.8 Å². The Morgan fingerprint density at radius 3 is 2.80 bits per heavy atom. The molecule has 1 aliphatic rings. The first kappa shape index (κ1) is 15.0. The van der Waals surface area contributed by atoms with Crippen LogP contribution < -0.4 is 10.8 Å². The first-order chi connectivity index (χ1) is 9.79. The van der Waals surface area contributed by atoms with Crippen molar-refractivity contribution in [1.82, 2.24) is 10.8 Å². The number of rotatable bonds is 6. The summed E-state index contributed by atoms with van der Waals surface area (Å²) >= 11 is 0. The molecule has 0 spiro atoms. The zero-order valence-corrected chi connectivity index (χ0v) is 11.8. The molecule has 1 aromatic carbocycles. The second kappa shape index (κ2) is 7.99. The lowest BCUT2D eigenvalue weighted by atomic mass is 10.0. The second-order valence-electron chi connectivity index (χ2n) is 4.88. The van der Waals surface area contributed by atoms with Crippen LogP contribution in [-0.2, 0) is 21.0 Å². The zero-order chi connectivity index (χ0) is 14.2. The Hall–Kier alpha value is -1.43. The smallest absolute Gasteiger partial charge is 0.323 e. The molecule has 2 atom stereocenters. The summed E-state index contributed by atoms with van der Waals surface area (Å²) in [5.74, 6) is -0.156. The van der Waals surface area contributed by atoms with E-state index in [-0.39, 0.29) is 18.1 Å². The SMILES string of the molecule is CCOC(=O)C1CCC(NOCc2ccccc2)CN1. The van der Waals surface area contributed by atoms with Crippen molar-refractivity contribution in [2.75, 3.05) is 13.2 Å². The van der Waals surface area contributed by atoms with Gasteiger partial charge in [-0.3, -0.25) is 9.63 Å². The number of ether oxygens (including phenoxy) is 1. The number of carbonyl (C=O) groups is 1. The van der Waals surface area contributed by atoms with E-state index in [1.54, 1.807) is 0 Å². The van der Waals surface area contributed by atoms with Crippen LogP contribution in [0.1, 0.15) is 25.3 Å². The Morgan fingerprint density at radius 2 is 2.15 bits per heavy atom. The second-order valence-corrected chi connectivity index (χ2v) is 4.88. The van der Waals surface area contributed by atoms with E-state index in [9.17, 15) is 4.79 Å². The van der Waals surface area contributed by atoms with E-state index in [0.717, 1.165) is 18.4 Å². The van der Waals surface area contributed by atoms with Gasteiger partial charge in [0.15, 0.2) is 0 Å². The molecule has 0 aliphatic carbocycles. The first-order valence-electron chi connectivity index (χ1n) is 7.11. The highest BCUT2D eigenvalue weighted by Gasteiger charge is 2.26. The first-order valence-corrected chi connectivity index (χ1v) is 7.11. The van der Waals surface area contributed by atoms with Crippen LogP contribution >= 0.6 is 0 Å². The summed E-state index contributed by atoms with van der Waals surface area (Å²) in [5.41, 5.74) is 4.18. The molecule has 2 unspecified atom stereocenters. The third-order valence-electron chi connectivity index (χ3n) is 3.32. The van der Waals surface area contributed by atoms with Gasteiger partial charge in [0.25, 0.3) is 0 Å². The van der Waals surface area contributed by atoms with E-state index in [0.29, 0.717) is 19.8 Å². The highest BCUT2D eigenvalue weighted by Crippen LogP contribution is 2.10. The van der Waals surface area contributed by atoms with Crippen LogP contribution in [0.25, 0.3) is 0 Å². The Balaban J connectivity index is 1.63. The number of hydroxylamine groups is 1. The Labute approximate surface area is 119 Å². The summed E-state index contributed by atoms with van der Waals surface area (Å²) in [6.07, 6.45) is 1.66. The molecule has 20 heavy (non-hydrogen) atoms. The molecule has 110 valence electrons. The van der Waals surface area contributed by atoms with Crippen LogP contribution in [0.3, 0.4) is 0 Å². The molecule has 0 saturated carbocycles. The van der Waals surface area contributed by atoms with E-state index in [4.69, 9.17) is 9.57 Å². The molecule has 5 heteroatoms. The maximum atomic E-state index is 11.6. The average molecular weight is 278 g/mol. The van der Waals surface area contributed by atoms with E-state index >= 15 is 0 Å². The van der Waals surface area contributed by atoms with Gasteiger partial charge in [0.2, 0.25) is 0 Å². The third kappa shape index (κ3) is 4.59. The Bertz CT molecular complexity index is 403. The van der Waals surface area contributed by atoms with Crippen molar-refractivity contribution in [1.29, 1.82) is 0 Å². The van der Waals surface area contributed by atoms with Crippen molar-refractivity contribution in [2.45, 2.75) is 38.5 Å². The van der Waals surface area contributed by atoms with Crippen molar-refractivity contribution < 1.29 is 14.4 Å². The molecular formula is C15H22N2O3. The van der Waals surface area contributed by atoms with Crippen molar-refractivity contribution in [3.05, 3.63) is 35.9 Å². The van der Waals surface area contributed by atoms with Crippen LogP contribution in [0.15, 0.2) is 30.3 Å². The van der Waals surface area contributed by atoms with Gasteiger partial charge in [-0.1, -0.05) is 30.3 Å². The number of benzene rings is 1. The molecule has 1 aliphatic heterocycles. The number of piperidine rings is 1. The van der Waals surface area contributed by atoms with Gasteiger partial charge in [-0.15, -0.1) is 0 Å². The summed E-state index contributed by atoms with van der Waals surface area (Å²) in [7, 11) is 0. The minimum atomic E-state index is -0.179. The molecule has 1 heterocycles. The number of carbonyl (C=O) groups excluding carboxylic acids is 1. The maximum absolute atomic E-state index is 11.6. The number of esters is 1. The van der Waals surface area contributed by atoms with Crippen molar-refractivity contribution in [2.24, 2.45) is 0 Å². The van der Waals surface area contributed by atoms with Gasteiger partial charge >= 0.3 is 5.97 Å². The summed E-state index contributed by atoms with van der Waals surface area (Å²) < 4.78 is 5.00. The minimum absolute atomic E-state index is 0.156. The minimum Gasteiger partial charge on any atom is -0.465 e. The maximum Gasteiger partial charge on any atom is 0.323 e. The van der Waals surface area contributed by atoms with Crippen LogP contribution in [0, 0.1) is 0 Å². The van der Waals surface area contributed by atoms with E-state index in [1.807, 2.05) is 37.3 Å². The van der Waals surface area contributed by atoms with Crippen molar-refractivity contribution in [3.63, 3.8) is 0 Å². The molecule has 0 amide bonds. The molecule has 1 aromatic rings. The molecule has 0 aromatic heterocycles. The monoisotopic (exact) mass is 278 g/mol. The predicted octanol–water partition coefficient (Wildman–Crippen LogP) is 1.39. The summed E-state index contributed by atoms with van der Waals surface area (Å²) in [6, 6.07) is 10.1. The lowest BCUT2D eigenvalue weighted by molar-refractivity contribution is -0.146. The number of nitrogens with one attached hydrogen (secondary N) is 2. The molecule has 2 N–H and O–H groups in total. The van der Waals surface area contributed by atoms with Crippen LogP contribution in [0.4, 0.5) is 0 Å². The standard InChI is InChI=1S/C15H22N2O3/c1-2-19-15(18)14-9-8-13(10-16-14)17-20-11-12-6-4-3-5-7-12/h3-7,13-14,16-17H,2,8-11H2,1H3. The van der Waals surface area contributed by atoms with E-state index < -0.39 is 0 Å². The number of hydrogen-bond donors (Lipinski definition) is 2. The van der Waals surface area contributed by atoms with Gasteiger partial charge < -0.3 is 10.1 Å². The van der Waals surface area contributed by atoms with Gasteiger partial charge in [-0.25, -0.2) is 0 Å². The summed E-state index contributed by atoms with van der Waals surface area (Å²) in [5, 5.41) is 3.19. The lowest BCUT2D eigenvalue weighted by Gasteiger charge is -2.28. The molecule has 1 fully saturated rings. The van der Waals surface area contributed by atoms with Crippen LogP contribution in [0.2, 0.25) is 0 Å². The molecule has 2 rings (SSSR count). The molecular weight excluding hydrogens is 256 g/mol. The molecule has 0 radical (unpaired) electrons. The van der Waals surface area contributed by atoms with Crippen molar-refractivity contribution >= 4 is 5.97 Å². The van der Waals surface area contributed by atoms with Gasteiger partial charge in [-0.2, -0.15) is 5.48 Å². The topological polar surface area (TPSA) is 59.6 Å². The Kier molecular flexibility index (Phi) is 5.98. The van der Waals surface area contributed by atoms with Gasteiger partial charge in [-0.05, 0) is 25.3 Å². The highest BCUT2D eigenvalue weighted by molar-refractivity contribution is 5.75. The normalized spacial score (nSPS) is 22.4. The third-order valence-corrected chi connectivity index (χ3v) is 3.32. The average Bonchev–Trinajstić information content (AvgIpc) is 2.49. The lowest BCUT2D eigenvalue weighted by Crippen LogP contribution is -2.51. The largest absolute Gasteiger partial charge is 0.465 e. The van der Waals surface area contributed by atoms with Crippen LogP contribution in [-0.4, -0.2) is 31.2 Å².